The Morgan fingerprint density at radius 1 is 1.14 bits per heavy atom. The number of para-hydroxylation sites is 1. The van der Waals surface area contributed by atoms with E-state index in [-0.39, 0.29) is 5.91 Å². The first-order valence-corrected chi connectivity index (χ1v) is 8.79. The summed E-state index contributed by atoms with van der Waals surface area (Å²) in [7, 11) is 0. The highest BCUT2D eigenvalue weighted by atomic mass is 127. The number of amides is 1. The molecule has 7 heteroatoms. The molecule has 1 rings (SSSR count). The van der Waals surface area contributed by atoms with Crippen LogP contribution in [-0.4, -0.2) is 20.5 Å². The Balaban J connectivity index is 3.10. The van der Waals surface area contributed by atoms with E-state index in [9.17, 15) is 9.59 Å². The lowest BCUT2D eigenvalue weighted by molar-refractivity contribution is -0.136. The van der Waals surface area contributed by atoms with Crippen molar-refractivity contribution in [3.63, 3.8) is 0 Å². The second kappa shape index (κ2) is 6.95. The number of carbonyl (C=O) groups is 2. The van der Waals surface area contributed by atoms with Gasteiger partial charge >= 0.3 is 5.97 Å². The third-order valence-corrected chi connectivity index (χ3v) is 4.02. The minimum Gasteiger partial charge on any atom is -0.423 e. The molecule has 4 nitrogen and oxygen atoms in total. The Kier molecular flexibility index (Phi) is 6.26. The maximum atomic E-state index is 12.1. The minimum absolute atomic E-state index is 0.220. The molecule has 1 aromatic rings. The van der Waals surface area contributed by atoms with E-state index in [0.29, 0.717) is 11.4 Å². The van der Waals surface area contributed by atoms with Gasteiger partial charge in [-0.2, -0.15) is 0 Å². The molecule has 0 aromatic heterocycles. The van der Waals surface area contributed by atoms with Crippen molar-refractivity contribution in [1.82, 2.24) is 0 Å². The lowest BCUT2D eigenvalue weighted by Gasteiger charge is -2.20. The van der Waals surface area contributed by atoms with Gasteiger partial charge in [0, 0.05) is 3.57 Å². The highest BCUT2D eigenvalue weighted by Gasteiger charge is 2.29. The molecule has 1 N–H and O–H groups in total. The summed E-state index contributed by atoms with van der Waals surface area (Å²) in [5.41, 5.74) is 0.487. The summed E-state index contributed by atoms with van der Waals surface area (Å²) in [5.74, 6) is -0.329. The maximum absolute atomic E-state index is 12.1. The fraction of sp³-hybridized carbons (Fsp3) is 0.429. The second-order valence-electron chi connectivity index (χ2n) is 5.40. The molecule has 0 saturated heterocycles. The molecule has 21 heavy (non-hydrogen) atoms. The van der Waals surface area contributed by atoms with E-state index < -0.39 is 14.6 Å². The summed E-state index contributed by atoms with van der Waals surface area (Å²) in [4.78, 5) is 24.1. The van der Waals surface area contributed by atoms with Gasteiger partial charge in [-0.1, -0.05) is 37.9 Å². The van der Waals surface area contributed by atoms with Crippen molar-refractivity contribution in [3.05, 3.63) is 21.8 Å². The molecule has 0 aliphatic heterocycles. The summed E-state index contributed by atoms with van der Waals surface area (Å²) in [6.07, 6.45) is 0. The zero-order chi connectivity index (χ0) is 16.4. The van der Waals surface area contributed by atoms with Gasteiger partial charge in [-0.25, -0.2) is 0 Å². The SMILES string of the molecule is CC(C)(Br)C(=O)Nc1c(I)cccc1OC(=O)C(C)(C)Br. The first kappa shape index (κ1) is 18.9. The van der Waals surface area contributed by atoms with Crippen molar-refractivity contribution in [2.24, 2.45) is 0 Å². The molecule has 0 bridgehead atoms. The number of halogens is 3. The molecule has 116 valence electrons. The summed E-state index contributed by atoms with van der Waals surface area (Å²) in [5, 5.41) is 2.79. The number of hydrogen-bond donors (Lipinski definition) is 1. The molecule has 0 fully saturated rings. The van der Waals surface area contributed by atoms with Gasteiger partial charge in [0.1, 0.15) is 4.32 Å². The fourth-order valence-electron chi connectivity index (χ4n) is 1.19. The number of ether oxygens (including phenoxy) is 1. The third kappa shape index (κ3) is 5.52. The molecule has 0 aliphatic rings. The number of anilines is 1. The Morgan fingerprint density at radius 2 is 1.71 bits per heavy atom. The molecule has 0 unspecified atom stereocenters. The molecular weight excluding hydrogens is 517 g/mol. The van der Waals surface area contributed by atoms with Crippen molar-refractivity contribution in [1.29, 1.82) is 0 Å². The van der Waals surface area contributed by atoms with Crippen molar-refractivity contribution >= 4 is 72.0 Å². The number of nitrogens with one attached hydrogen (secondary N) is 1. The van der Waals surface area contributed by atoms with Crippen LogP contribution in [0.2, 0.25) is 0 Å². The molecule has 0 spiro atoms. The Hall–Kier alpha value is -0.150. The van der Waals surface area contributed by atoms with Crippen LogP contribution in [0.3, 0.4) is 0 Å². The molecule has 0 heterocycles. The third-order valence-electron chi connectivity index (χ3n) is 2.44. The van der Waals surface area contributed by atoms with Gasteiger partial charge in [-0.05, 0) is 62.4 Å². The van der Waals surface area contributed by atoms with E-state index in [4.69, 9.17) is 4.74 Å². The van der Waals surface area contributed by atoms with Crippen LogP contribution < -0.4 is 10.1 Å². The molecular formula is C14H16Br2INO3. The predicted molar refractivity (Wildman–Crippen MR) is 99.4 cm³/mol. The van der Waals surface area contributed by atoms with E-state index in [2.05, 4.69) is 59.8 Å². The second-order valence-corrected chi connectivity index (χ2v) is 10.5. The summed E-state index contributed by atoms with van der Waals surface area (Å²) in [6.45, 7) is 6.88. The van der Waals surface area contributed by atoms with Crippen LogP contribution in [0.25, 0.3) is 0 Å². The lowest BCUT2D eigenvalue weighted by atomic mass is 10.2. The quantitative estimate of drug-likeness (QED) is 0.269. The predicted octanol–water partition coefficient (Wildman–Crippen LogP) is 4.48. The van der Waals surface area contributed by atoms with Gasteiger partial charge in [-0.3, -0.25) is 9.59 Å². The molecule has 0 aliphatic carbocycles. The average molecular weight is 533 g/mol. The maximum Gasteiger partial charge on any atom is 0.327 e. The van der Waals surface area contributed by atoms with Crippen LogP contribution in [0.4, 0.5) is 5.69 Å². The molecule has 1 aromatic carbocycles. The van der Waals surface area contributed by atoms with Gasteiger partial charge in [-0.15, -0.1) is 0 Å². The summed E-state index contributed by atoms with van der Waals surface area (Å²) < 4.78 is 4.65. The highest BCUT2D eigenvalue weighted by Crippen LogP contribution is 2.33. The number of esters is 1. The van der Waals surface area contributed by atoms with E-state index in [0.717, 1.165) is 3.57 Å². The number of benzene rings is 1. The fourth-order valence-corrected chi connectivity index (χ4v) is 1.98. The first-order valence-electron chi connectivity index (χ1n) is 6.13. The first-order chi connectivity index (χ1) is 9.43. The van der Waals surface area contributed by atoms with E-state index in [1.54, 1.807) is 39.8 Å². The Bertz CT molecular complexity index is 562. The number of hydrogen-bond acceptors (Lipinski definition) is 3. The highest BCUT2D eigenvalue weighted by molar-refractivity contribution is 14.1. The molecule has 0 atom stereocenters. The number of alkyl halides is 2. The average Bonchev–Trinajstić information content (AvgIpc) is 2.30. The minimum atomic E-state index is -0.801. The molecule has 0 radical (unpaired) electrons. The van der Waals surface area contributed by atoms with Gasteiger partial charge in [0.05, 0.1) is 10.0 Å². The van der Waals surface area contributed by atoms with Gasteiger partial charge < -0.3 is 10.1 Å². The van der Waals surface area contributed by atoms with Crippen molar-refractivity contribution in [2.45, 2.75) is 36.3 Å². The summed E-state index contributed by atoms with van der Waals surface area (Å²) in [6, 6.07) is 5.24. The van der Waals surface area contributed by atoms with Crippen molar-refractivity contribution in [3.8, 4) is 5.75 Å². The van der Waals surface area contributed by atoms with Gasteiger partial charge in [0.25, 0.3) is 0 Å². The zero-order valence-electron chi connectivity index (χ0n) is 12.1. The van der Waals surface area contributed by atoms with Crippen LogP contribution in [0.1, 0.15) is 27.7 Å². The monoisotopic (exact) mass is 531 g/mol. The van der Waals surface area contributed by atoms with E-state index >= 15 is 0 Å². The Labute approximate surface area is 154 Å². The van der Waals surface area contributed by atoms with Crippen molar-refractivity contribution < 1.29 is 14.3 Å². The number of carbonyl (C=O) groups excluding carboxylic acids is 2. The van der Waals surface area contributed by atoms with Gasteiger partial charge in [0.15, 0.2) is 5.75 Å². The topological polar surface area (TPSA) is 55.4 Å². The van der Waals surface area contributed by atoms with Crippen molar-refractivity contribution in [2.75, 3.05) is 5.32 Å². The van der Waals surface area contributed by atoms with E-state index in [1.807, 2.05) is 6.07 Å². The van der Waals surface area contributed by atoms with Crippen LogP contribution in [-0.2, 0) is 9.59 Å². The summed E-state index contributed by atoms with van der Waals surface area (Å²) >= 11 is 8.64. The van der Waals surface area contributed by atoms with E-state index in [1.165, 1.54) is 0 Å². The van der Waals surface area contributed by atoms with Crippen LogP contribution in [0.5, 0.6) is 5.75 Å². The Morgan fingerprint density at radius 3 is 2.19 bits per heavy atom. The molecule has 0 saturated carbocycles. The van der Waals surface area contributed by atoms with Crippen LogP contribution in [0.15, 0.2) is 18.2 Å². The normalized spacial score (nSPS) is 12.0. The standard InChI is InChI=1S/C14H16Br2INO3/c1-13(2,15)11(19)18-10-8(17)6-5-7-9(10)21-12(20)14(3,4)16/h5-7H,1-4H3,(H,18,19). The van der Waals surface area contributed by atoms with Crippen LogP contribution in [0, 0.1) is 3.57 Å². The largest absolute Gasteiger partial charge is 0.423 e. The molecule has 1 amide bonds. The number of rotatable bonds is 4. The zero-order valence-corrected chi connectivity index (χ0v) is 17.4. The smallest absolute Gasteiger partial charge is 0.327 e. The van der Waals surface area contributed by atoms with Gasteiger partial charge in [0.2, 0.25) is 5.91 Å². The van der Waals surface area contributed by atoms with Crippen LogP contribution >= 0.6 is 54.5 Å². The lowest BCUT2D eigenvalue weighted by Crippen LogP contribution is -2.32.